The van der Waals surface area contributed by atoms with Gasteiger partial charge in [-0.15, -0.1) is 0 Å². The summed E-state index contributed by atoms with van der Waals surface area (Å²) >= 11 is 0. The van der Waals surface area contributed by atoms with Crippen LogP contribution in [0.4, 0.5) is 0 Å². The highest BCUT2D eigenvalue weighted by Gasteiger charge is 2.35. The van der Waals surface area contributed by atoms with Gasteiger partial charge in [-0.3, -0.25) is 4.79 Å². The Morgan fingerprint density at radius 2 is 1.90 bits per heavy atom. The molecule has 0 aromatic carbocycles. The Morgan fingerprint density at radius 1 is 1.33 bits per heavy atom. The Labute approximate surface area is 125 Å². The van der Waals surface area contributed by atoms with E-state index in [-0.39, 0.29) is 6.10 Å². The maximum atomic E-state index is 11.0. The first-order valence-corrected chi connectivity index (χ1v) is 7.62. The maximum Gasteiger partial charge on any atom is 0.306 e. The number of aromatic nitrogens is 2. The van der Waals surface area contributed by atoms with Crippen LogP contribution in [0, 0.1) is 25.7 Å². The summed E-state index contributed by atoms with van der Waals surface area (Å²) in [5.41, 5.74) is 2.69. The van der Waals surface area contributed by atoms with E-state index in [0.717, 1.165) is 22.8 Å². The lowest BCUT2D eigenvalue weighted by molar-refractivity contribution is -0.141. The van der Waals surface area contributed by atoms with Crippen LogP contribution in [0.25, 0.3) is 0 Å². The number of hydrogen-bond donors (Lipinski definition) is 1. The first-order chi connectivity index (χ1) is 9.93. The molecule has 2 atom stereocenters. The van der Waals surface area contributed by atoms with E-state index >= 15 is 0 Å². The van der Waals surface area contributed by atoms with Crippen LogP contribution >= 0.6 is 0 Å². The van der Waals surface area contributed by atoms with Crippen LogP contribution in [-0.4, -0.2) is 27.7 Å². The van der Waals surface area contributed by atoms with Crippen molar-refractivity contribution in [1.29, 1.82) is 0 Å². The number of aliphatic carboxylic acids is 1. The van der Waals surface area contributed by atoms with E-state index in [4.69, 9.17) is 9.84 Å². The van der Waals surface area contributed by atoms with Gasteiger partial charge in [-0.2, -0.15) is 0 Å². The lowest BCUT2D eigenvalue weighted by atomic mass is 9.98. The lowest BCUT2D eigenvalue weighted by Crippen LogP contribution is -2.18. The number of rotatable bonds is 7. The molecule has 1 N–H and O–H groups in total. The van der Waals surface area contributed by atoms with Crippen molar-refractivity contribution in [2.24, 2.45) is 11.8 Å². The zero-order valence-electron chi connectivity index (χ0n) is 13.2. The molecule has 0 amide bonds. The Morgan fingerprint density at radius 3 is 2.33 bits per heavy atom. The number of carbonyl (C=O) groups is 1. The van der Waals surface area contributed by atoms with Crippen molar-refractivity contribution in [2.75, 3.05) is 6.61 Å². The molecule has 0 saturated heterocycles. The number of carboxylic acids is 1. The van der Waals surface area contributed by atoms with Crippen molar-refractivity contribution < 1.29 is 14.6 Å². The molecule has 1 aliphatic rings. The molecule has 1 aromatic heterocycles. The van der Waals surface area contributed by atoms with E-state index in [2.05, 4.69) is 9.97 Å². The van der Waals surface area contributed by atoms with Crippen LogP contribution in [0.5, 0.6) is 0 Å². The molecule has 0 radical (unpaired) electrons. The molecule has 1 aromatic rings. The molecule has 5 heteroatoms. The van der Waals surface area contributed by atoms with Crippen LogP contribution in [-0.2, 0) is 16.0 Å². The lowest BCUT2D eigenvalue weighted by Gasteiger charge is -2.18. The van der Waals surface area contributed by atoms with E-state index in [1.54, 1.807) is 6.92 Å². The second kappa shape index (κ2) is 6.52. The average Bonchev–Trinajstić information content (AvgIpc) is 3.23. The van der Waals surface area contributed by atoms with Crippen molar-refractivity contribution in [3.8, 4) is 0 Å². The van der Waals surface area contributed by atoms with Crippen LogP contribution in [0.15, 0.2) is 0 Å². The summed E-state index contributed by atoms with van der Waals surface area (Å²) in [6.07, 6.45) is 2.79. The van der Waals surface area contributed by atoms with Gasteiger partial charge >= 0.3 is 5.97 Å². The first-order valence-electron chi connectivity index (χ1n) is 7.62. The third kappa shape index (κ3) is 3.79. The molecular formula is C16H24N2O3. The molecule has 5 nitrogen and oxygen atoms in total. The first kappa shape index (κ1) is 15.9. The van der Waals surface area contributed by atoms with E-state index in [1.165, 1.54) is 12.8 Å². The molecule has 21 heavy (non-hydrogen) atoms. The third-order valence-electron chi connectivity index (χ3n) is 4.02. The monoisotopic (exact) mass is 292 g/mol. The summed E-state index contributed by atoms with van der Waals surface area (Å²) in [6, 6.07) is 0. The average molecular weight is 292 g/mol. The summed E-state index contributed by atoms with van der Waals surface area (Å²) < 4.78 is 5.80. The van der Waals surface area contributed by atoms with E-state index in [1.807, 2.05) is 20.8 Å². The molecule has 0 aliphatic heterocycles. The normalized spacial score (nSPS) is 17.5. The predicted molar refractivity (Wildman–Crippen MR) is 79.1 cm³/mol. The van der Waals surface area contributed by atoms with Gasteiger partial charge in [0.05, 0.1) is 5.92 Å². The highest BCUT2D eigenvalue weighted by Crippen LogP contribution is 2.42. The zero-order chi connectivity index (χ0) is 15.6. The molecule has 2 rings (SSSR count). The van der Waals surface area contributed by atoms with Gasteiger partial charge < -0.3 is 9.84 Å². The fourth-order valence-electron chi connectivity index (χ4n) is 2.58. The second-order valence-corrected chi connectivity index (χ2v) is 5.89. The zero-order valence-corrected chi connectivity index (χ0v) is 13.2. The van der Waals surface area contributed by atoms with Crippen molar-refractivity contribution >= 4 is 5.97 Å². The highest BCUT2D eigenvalue weighted by molar-refractivity contribution is 5.70. The number of ether oxygens (including phenoxy) is 1. The van der Waals surface area contributed by atoms with Gasteiger partial charge in [0.25, 0.3) is 0 Å². The summed E-state index contributed by atoms with van der Waals surface area (Å²) in [6.45, 7) is 8.21. The van der Waals surface area contributed by atoms with Crippen molar-refractivity contribution in [3.05, 3.63) is 22.8 Å². The minimum Gasteiger partial charge on any atom is -0.481 e. The van der Waals surface area contributed by atoms with Gasteiger partial charge in [-0.1, -0.05) is 6.92 Å². The van der Waals surface area contributed by atoms with E-state index < -0.39 is 11.9 Å². The Hall–Kier alpha value is -1.49. The summed E-state index contributed by atoms with van der Waals surface area (Å²) in [5.74, 6) is 0.0691. The molecular weight excluding hydrogens is 268 g/mol. The number of hydrogen-bond acceptors (Lipinski definition) is 4. The fourth-order valence-corrected chi connectivity index (χ4v) is 2.58. The van der Waals surface area contributed by atoms with Crippen molar-refractivity contribution in [3.63, 3.8) is 0 Å². The minimum absolute atomic E-state index is 0.0154. The summed E-state index contributed by atoms with van der Waals surface area (Å²) in [5, 5.41) is 9.06. The van der Waals surface area contributed by atoms with Gasteiger partial charge in [0.15, 0.2) is 5.82 Å². The standard InChI is InChI=1S/C16H24N2O3/c1-5-21-14(12-6-7-12)15-17-10(3)13(11(4)18-15)8-9(2)16(19)20/h9,12,14H,5-8H2,1-4H3,(H,19,20). The highest BCUT2D eigenvalue weighted by atomic mass is 16.5. The van der Waals surface area contributed by atoms with Gasteiger partial charge in [-0.25, -0.2) is 9.97 Å². The third-order valence-corrected chi connectivity index (χ3v) is 4.02. The molecule has 1 fully saturated rings. The Kier molecular flexibility index (Phi) is 4.93. The van der Waals surface area contributed by atoms with Crippen LogP contribution in [0.3, 0.4) is 0 Å². The minimum atomic E-state index is -0.789. The number of nitrogens with zero attached hydrogens (tertiary/aromatic N) is 2. The number of carboxylic acid groups (broad SMARTS) is 1. The summed E-state index contributed by atoms with van der Waals surface area (Å²) in [4.78, 5) is 20.2. The number of aryl methyl sites for hydroxylation is 2. The Bertz CT molecular complexity index is 503. The van der Waals surface area contributed by atoms with Gasteiger partial charge in [-0.05, 0) is 51.5 Å². The van der Waals surface area contributed by atoms with Crippen LogP contribution in [0.1, 0.15) is 55.6 Å². The van der Waals surface area contributed by atoms with E-state index in [0.29, 0.717) is 18.9 Å². The molecule has 0 spiro atoms. The molecule has 1 saturated carbocycles. The largest absolute Gasteiger partial charge is 0.481 e. The molecule has 2 unspecified atom stereocenters. The maximum absolute atomic E-state index is 11.0. The fraction of sp³-hybridized carbons (Fsp3) is 0.688. The van der Waals surface area contributed by atoms with Crippen LogP contribution in [0.2, 0.25) is 0 Å². The van der Waals surface area contributed by atoms with E-state index in [9.17, 15) is 4.79 Å². The van der Waals surface area contributed by atoms with Gasteiger partial charge in [0, 0.05) is 18.0 Å². The molecule has 1 aliphatic carbocycles. The smallest absolute Gasteiger partial charge is 0.306 e. The van der Waals surface area contributed by atoms with Gasteiger partial charge in [0.1, 0.15) is 6.10 Å². The van der Waals surface area contributed by atoms with Crippen molar-refractivity contribution in [1.82, 2.24) is 9.97 Å². The molecule has 116 valence electrons. The predicted octanol–water partition coefficient (Wildman–Crippen LogP) is 2.84. The Balaban J connectivity index is 2.25. The summed E-state index contributed by atoms with van der Waals surface area (Å²) in [7, 11) is 0. The second-order valence-electron chi connectivity index (χ2n) is 5.89. The van der Waals surface area contributed by atoms with Crippen LogP contribution < -0.4 is 0 Å². The molecule has 0 bridgehead atoms. The topological polar surface area (TPSA) is 72.3 Å². The van der Waals surface area contributed by atoms with Crippen molar-refractivity contribution in [2.45, 2.75) is 53.1 Å². The van der Waals surface area contributed by atoms with Gasteiger partial charge in [0.2, 0.25) is 0 Å². The quantitative estimate of drug-likeness (QED) is 0.836. The molecule has 1 heterocycles. The SMILES string of the molecule is CCOC(c1nc(C)c(CC(C)C(=O)O)c(C)n1)C1CC1.